The summed E-state index contributed by atoms with van der Waals surface area (Å²) in [7, 11) is 1.62. The first kappa shape index (κ1) is 19.4. The van der Waals surface area contributed by atoms with E-state index in [1.807, 2.05) is 18.2 Å². The number of aryl methyl sites for hydroxylation is 1. The third-order valence-corrected chi connectivity index (χ3v) is 5.22. The summed E-state index contributed by atoms with van der Waals surface area (Å²) in [6, 6.07) is 14.7. The summed E-state index contributed by atoms with van der Waals surface area (Å²) < 4.78 is 5.42. The van der Waals surface area contributed by atoms with Gasteiger partial charge in [-0.2, -0.15) is 0 Å². The maximum Gasteiger partial charge on any atom is 0.238 e. The minimum atomic E-state index is -0.0533. The molecule has 4 nitrogen and oxygen atoms in total. The number of anilines is 1. The molecule has 1 atom stereocenters. The fourth-order valence-corrected chi connectivity index (χ4v) is 3.65. The minimum absolute atomic E-state index is 0.00973. The molecule has 0 aliphatic heterocycles. The van der Waals surface area contributed by atoms with Gasteiger partial charge in [0.25, 0.3) is 0 Å². The van der Waals surface area contributed by atoms with E-state index in [0.717, 1.165) is 30.5 Å². The number of methoxy groups -OCH3 is 1. The number of hydrogen-bond acceptors (Lipinski definition) is 3. The predicted octanol–water partition coefficient (Wildman–Crippen LogP) is 4.60. The summed E-state index contributed by atoms with van der Waals surface area (Å²) in [6.45, 7) is 6.75. The summed E-state index contributed by atoms with van der Waals surface area (Å²) in [6.07, 6.45) is 3.34. The van der Waals surface area contributed by atoms with E-state index in [1.165, 1.54) is 11.1 Å². The SMILES string of the molecule is COc1ccc(C(C)(C)C)cc1NC(=O)CN[C@@H]1CCCc2ccccc21. The second-order valence-corrected chi connectivity index (χ2v) is 8.24. The molecule has 0 saturated carbocycles. The molecule has 0 unspecified atom stereocenters. The van der Waals surface area contributed by atoms with Crippen molar-refractivity contribution in [3.63, 3.8) is 0 Å². The van der Waals surface area contributed by atoms with Gasteiger partial charge in [0.05, 0.1) is 19.3 Å². The van der Waals surface area contributed by atoms with E-state index in [-0.39, 0.29) is 23.9 Å². The van der Waals surface area contributed by atoms with Crippen LogP contribution < -0.4 is 15.4 Å². The van der Waals surface area contributed by atoms with Crippen LogP contribution in [0.25, 0.3) is 0 Å². The maximum absolute atomic E-state index is 12.6. The predicted molar refractivity (Wildman–Crippen MR) is 110 cm³/mol. The van der Waals surface area contributed by atoms with Gasteiger partial charge in [0.15, 0.2) is 0 Å². The molecular weight excluding hydrogens is 336 g/mol. The second kappa shape index (κ2) is 8.13. The highest BCUT2D eigenvalue weighted by Gasteiger charge is 2.21. The summed E-state index contributed by atoms with van der Waals surface area (Å²) in [5.74, 6) is 0.627. The highest BCUT2D eigenvalue weighted by atomic mass is 16.5. The van der Waals surface area contributed by atoms with Crippen molar-refractivity contribution in [3.05, 3.63) is 59.2 Å². The van der Waals surface area contributed by atoms with Gasteiger partial charge in [-0.05, 0) is 53.5 Å². The summed E-state index contributed by atoms with van der Waals surface area (Å²) in [5.41, 5.74) is 4.61. The quantitative estimate of drug-likeness (QED) is 0.813. The van der Waals surface area contributed by atoms with Crippen molar-refractivity contribution in [3.8, 4) is 5.75 Å². The smallest absolute Gasteiger partial charge is 0.238 e. The highest BCUT2D eigenvalue weighted by Crippen LogP contribution is 2.32. The van der Waals surface area contributed by atoms with Gasteiger partial charge >= 0.3 is 0 Å². The number of ether oxygens (including phenoxy) is 1. The number of fused-ring (bicyclic) bond motifs is 1. The van der Waals surface area contributed by atoms with Crippen molar-refractivity contribution in [1.82, 2.24) is 5.32 Å². The van der Waals surface area contributed by atoms with Crippen molar-refractivity contribution in [2.75, 3.05) is 19.0 Å². The van der Waals surface area contributed by atoms with Gasteiger partial charge < -0.3 is 15.4 Å². The van der Waals surface area contributed by atoms with Crippen LogP contribution in [0.5, 0.6) is 5.75 Å². The summed E-state index contributed by atoms with van der Waals surface area (Å²) in [5, 5.41) is 6.44. The number of nitrogens with one attached hydrogen (secondary N) is 2. The molecule has 1 aliphatic carbocycles. The molecule has 4 heteroatoms. The lowest BCUT2D eigenvalue weighted by Crippen LogP contribution is -2.33. The first-order chi connectivity index (χ1) is 12.9. The molecule has 0 bridgehead atoms. The van der Waals surface area contributed by atoms with E-state index in [4.69, 9.17) is 4.74 Å². The Balaban J connectivity index is 1.67. The zero-order valence-electron chi connectivity index (χ0n) is 16.8. The second-order valence-electron chi connectivity index (χ2n) is 8.24. The highest BCUT2D eigenvalue weighted by molar-refractivity contribution is 5.93. The monoisotopic (exact) mass is 366 g/mol. The average Bonchev–Trinajstić information content (AvgIpc) is 2.65. The Labute approximate surface area is 162 Å². The molecule has 1 aliphatic rings. The Morgan fingerprint density at radius 2 is 1.96 bits per heavy atom. The maximum atomic E-state index is 12.6. The van der Waals surface area contributed by atoms with E-state index in [2.05, 4.69) is 55.7 Å². The van der Waals surface area contributed by atoms with Gasteiger partial charge in [-0.15, -0.1) is 0 Å². The van der Waals surface area contributed by atoms with E-state index >= 15 is 0 Å². The molecule has 0 spiro atoms. The molecular formula is C23H30N2O2. The fraction of sp³-hybridized carbons (Fsp3) is 0.435. The van der Waals surface area contributed by atoms with Gasteiger partial charge in [0, 0.05) is 6.04 Å². The van der Waals surface area contributed by atoms with Crippen LogP contribution in [0.3, 0.4) is 0 Å². The van der Waals surface area contributed by atoms with Crippen molar-refractivity contribution in [1.29, 1.82) is 0 Å². The Kier molecular flexibility index (Phi) is 5.85. The lowest BCUT2D eigenvalue weighted by molar-refractivity contribution is -0.115. The van der Waals surface area contributed by atoms with Gasteiger partial charge in [-0.1, -0.05) is 51.1 Å². The Bertz CT molecular complexity index is 808. The van der Waals surface area contributed by atoms with Crippen molar-refractivity contribution in [2.45, 2.75) is 51.5 Å². The van der Waals surface area contributed by atoms with Crippen LogP contribution in [0.4, 0.5) is 5.69 Å². The normalized spacial score (nSPS) is 16.5. The number of amides is 1. The largest absolute Gasteiger partial charge is 0.495 e. The molecule has 0 aromatic heterocycles. The molecule has 2 N–H and O–H groups in total. The van der Waals surface area contributed by atoms with Crippen molar-refractivity contribution in [2.24, 2.45) is 0 Å². The lowest BCUT2D eigenvalue weighted by atomic mass is 9.87. The van der Waals surface area contributed by atoms with Crippen LogP contribution in [0, 0.1) is 0 Å². The van der Waals surface area contributed by atoms with E-state index in [0.29, 0.717) is 5.75 Å². The van der Waals surface area contributed by atoms with E-state index < -0.39 is 0 Å². The van der Waals surface area contributed by atoms with Crippen molar-refractivity contribution >= 4 is 11.6 Å². The first-order valence-electron chi connectivity index (χ1n) is 9.68. The van der Waals surface area contributed by atoms with Crippen LogP contribution in [-0.4, -0.2) is 19.6 Å². The number of carbonyl (C=O) groups excluding carboxylic acids is 1. The summed E-state index contributed by atoms with van der Waals surface area (Å²) in [4.78, 5) is 12.6. The van der Waals surface area contributed by atoms with E-state index in [1.54, 1.807) is 7.11 Å². The van der Waals surface area contributed by atoms with Crippen molar-refractivity contribution < 1.29 is 9.53 Å². The van der Waals surface area contributed by atoms with Crippen LogP contribution in [0.1, 0.15) is 56.3 Å². The number of hydrogen-bond donors (Lipinski definition) is 2. The summed E-state index contributed by atoms with van der Waals surface area (Å²) >= 11 is 0. The topological polar surface area (TPSA) is 50.4 Å². The zero-order valence-corrected chi connectivity index (χ0v) is 16.8. The third-order valence-electron chi connectivity index (χ3n) is 5.22. The average molecular weight is 367 g/mol. The Morgan fingerprint density at radius 1 is 1.19 bits per heavy atom. The van der Waals surface area contributed by atoms with Gasteiger partial charge in [-0.3, -0.25) is 4.79 Å². The molecule has 0 saturated heterocycles. The number of benzene rings is 2. The van der Waals surface area contributed by atoms with Gasteiger partial charge in [0.1, 0.15) is 5.75 Å². The molecule has 0 radical (unpaired) electrons. The lowest BCUT2D eigenvalue weighted by Gasteiger charge is -2.26. The molecule has 27 heavy (non-hydrogen) atoms. The number of rotatable bonds is 5. The molecule has 3 rings (SSSR count). The van der Waals surface area contributed by atoms with Crippen LogP contribution in [0.2, 0.25) is 0 Å². The van der Waals surface area contributed by atoms with E-state index in [9.17, 15) is 4.79 Å². The van der Waals surface area contributed by atoms with Crippen LogP contribution >= 0.6 is 0 Å². The molecule has 2 aromatic rings. The molecule has 0 fully saturated rings. The van der Waals surface area contributed by atoms with Gasteiger partial charge in [0.2, 0.25) is 5.91 Å². The molecule has 0 heterocycles. The Hall–Kier alpha value is -2.33. The first-order valence-corrected chi connectivity index (χ1v) is 9.68. The van der Waals surface area contributed by atoms with Crippen LogP contribution in [0.15, 0.2) is 42.5 Å². The van der Waals surface area contributed by atoms with Crippen LogP contribution in [-0.2, 0) is 16.6 Å². The molecule has 1 amide bonds. The molecule has 144 valence electrons. The Morgan fingerprint density at radius 3 is 2.70 bits per heavy atom. The molecule has 2 aromatic carbocycles. The standard InChI is InChI=1S/C23H30N2O2/c1-23(2,3)17-12-13-21(27-4)20(14-17)25-22(26)15-24-19-11-7-9-16-8-5-6-10-18(16)19/h5-6,8,10,12-14,19,24H,7,9,11,15H2,1-4H3,(H,25,26)/t19-/m1/s1. The van der Waals surface area contributed by atoms with Gasteiger partial charge in [-0.25, -0.2) is 0 Å². The zero-order chi connectivity index (χ0) is 19.4. The fourth-order valence-electron chi connectivity index (χ4n) is 3.65. The number of carbonyl (C=O) groups is 1. The minimum Gasteiger partial charge on any atom is -0.495 e. The third kappa shape index (κ3) is 4.69.